The Morgan fingerprint density at radius 2 is 2.00 bits per heavy atom. The molecule has 0 N–H and O–H groups in total. The third-order valence-electron chi connectivity index (χ3n) is 4.53. The average Bonchev–Trinajstić information content (AvgIpc) is 2.64. The molecule has 2 amide bonds. The predicted molar refractivity (Wildman–Crippen MR) is 86.7 cm³/mol. The Morgan fingerprint density at radius 1 is 1.38 bits per heavy atom. The van der Waals surface area contributed by atoms with Crippen LogP contribution in [0.25, 0.3) is 0 Å². The van der Waals surface area contributed by atoms with Crippen molar-refractivity contribution in [2.45, 2.75) is 67.2 Å². The van der Waals surface area contributed by atoms with Crippen LogP contribution >= 0.6 is 0 Å². The lowest BCUT2D eigenvalue weighted by molar-refractivity contribution is -0.139. The highest BCUT2D eigenvalue weighted by Gasteiger charge is 2.45. The van der Waals surface area contributed by atoms with Crippen LogP contribution < -0.4 is 0 Å². The van der Waals surface area contributed by atoms with Gasteiger partial charge in [0.05, 0.1) is 5.92 Å². The molecule has 1 aliphatic heterocycles. The second kappa shape index (κ2) is 7.24. The van der Waals surface area contributed by atoms with Gasteiger partial charge in [-0.3, -0.25) is 14.5 Å². The molecule has 0 bridgehead atoms. The van der Waals surface area contributed by atoms with Gasteiger partial charge in [0, 0.05) is 13.0 Å². The minimum absolute atomic E-state index is 0.00171. The quantitative estimate of drug-likeness (QED) is 0.521. The first-order valence-corrected chi connectivity index (χ1v) is 8.25. The van der Waals surface area contributed by atoms with E-state index in [2.05, 4.69) is 40.7 Å². The summed E-state index contributed by atoms with van der Waals surface area (Å²) in [5.74, 6) is 0.445. The van der Waals surface area contributed by atoms with E-state index in [1.807, 2.05) is 6.92 Å². The molecule has 0 spiro atoms. The minimum atomic E-state index is -0.257. The number of likely N-dealkylation sites (tertiary alicyclic amines) is 1. The summed E-state index contributed by atoms with van der Waals surface area (Å²) in [4.78, 5) is 25.7. The Balaban J connectivity index is 2.81. The van der Waals surface area contributed by atoms with Crippen LogP contribution in [0.1, 0.15) is 67.2 Å². The van der Waals surface area contributed by atoms with Gasteiger partial charge in [-0.05, 0) is 31.6 Å². The Kier molecular flexibility index (Phi) is 6.18. The van der Waals surface area contributed by atoms with E-state index in [1.54, 1.807) is 0 Å². The van der Waals surface area contributed by atoms with E-state index in [0.29, 0.717) is 18.9 Å². The van der Waals surface area contributed by atoms with Gasteiger partial charge < -0.3 is 0 Å². The van der Waals surface area contributed by atoms with E-state index < -0.39 is 0 Å². The van der Waals surface area contributed by atoms with Gasteiger partial charge in [0.2, 0.25) is 11.8 Å². The summed E-state index contributed by atoms with van der Waals surface area (Å²) in [7, 11) is 0. The Labute approximate surface area is 129 Å². The number of rotatable bonds is 7. The maximum Gasteiger partial charge on any atom is 0.233 e. The van der Waals surface area contributed by atoms with Crippen LogP contribution in [0.3, 0.4) is 0 Å². The van der Waals surface area contributed by atoms with Crippen molar-refractivity contribution in [3.05, 3.63) is 11.6 Å². The zero-order valence-electron chi connectivity index (χ0n) is 14.5. The van der Waals surface area contributed by atoms with Crippen LogP contribution in [0, 0.1) is 17.3 Å². The average molecular weight is 293 g/mol. The molecule has 3 heteroatoms. The molecule has 21 heavy (non-hydrogen) atoms. The number of nitrogens with zero attached hydrogens (tertiary/aromatic N) is 1. The van der Waals surface area contributed by atoms with Crippen LogP contribution in [0.4, 0.5) is 0 Å². The van der Waals surface area contributed by atoms with E-state index in [0.717, 1.165) is 6.42 Å². The van der Waals surface area contributed by atoms with Crippen LogP contribution in [0.2, 0.25) is 0 Å². The number of carbonyl (C=O) groups excluding carboxylic acids is 2. The van der Waals surface area contributed by atoms with Crippen LogP contribution in [0.15, 0.2) is 11.6 Å². The van der Waals surface area contributed by atoms with Crippen molar-refractivity contribution in [2.24, 2.45) is 17.3 Å². The highest BCUT2D eigenvalue weighted by Crippen LogP contribution is 2.38. The van der Waals surface area contributed by atoms with Crippen molar-refractivity contribution in [2.75, 3.05) is 6.54 Å². The summed E-state index contributed by atoms with van der Waals surface area (Å²) in [5.41, 5.74) is 1.07. The Morgan fingerprint density at radius 3 is 2.48 bits per heavy atom. The van der Waals surface area contributed by atoms with E-state index in [1.165, 1.54) is 23.3 Å². The zero-order chi connectivity index (χ0) is 16.2. The molecule has 1 heterocycles. The minimum Gasteiger partial charge on any atom is -0.283 e. The van der Waals surface area contributed by atoms with Crippen molar-refractivity contribution in [1.82, 2.24) is 4.90 Å². The van der Waals surface area contributed by atoms with Crippen molar-refractivity contribution < 1.29 is 9.59 Å². The molecule has 1 fully saturated rings. The van der Waals surface area contributed by atoms with Gasteiger partial charge in [0.25, 0.3) is 0 Å². The highest BCUT2D eigenvalue weighted by atomic mass is 16.2. The molecule has 120 valence electrons. The SMILES string of the molecule is CCCC(C)C/C(C)=C/C(C)(C)C1CC(=O)N(CC)C1=O. The number of amides is 2. The number of imide groups is 1. The lowest BCUT2D eigenvalue weighted by atomic mass is 9.76. The lowest BCUT2D eigenvalue weighted by Crippen LogP contribution is -2.34. The summed E-state index contributed by atoms with van der Waals surface area (Å²) < 4.78 is 0. The van der Waals surface area contributed by atoms with Crippen molar-refractivity contribution in [3.63, 3.8) is 0 Å². The molecule has 2 atom stereocenters. The van der Waals surface area contributed by atoms with Gasteiger partial charge in [-0.25, -0.2) is 0 Å². The normalized spacial score (nSPS) is 22.1. The Hall–Kier alpha value is -1.12. The third kappa shape index (κ3) is 4.42. The van der Waals surface area contributed by atoms with E-state index in [9.17, 15) is 9.59 Å². The van der Waals surface area contributed by atoms with E-state index in [-0.39, 0.29) is 23.1 Å². The molecule has 1 aliphatic rings. The zero-order valence-corrected chi connectivity index (χ0v) is 14.5. The van der Waals surface area contributed by atoms with Gasteiger partial charge in [-0.1, -0.05) is 52.2 Å². The van der Waals surface area contributed by atoms with Gasteiger partial charge in [-0.2, -0.15) is 0 Å². The smallest absolute Gasteiger partial charge is 0.233 e. The largest absolute Gasteiger partial charge is 0.283 e. The molecule has 2 unspecified atom stereocenters. The van der Waals surface area contributed by atoms with Crippen LogP contribution in [-0.2, 0) is 9.59 Å². The topological polar surface area (TPSA) is 37.4 Å². The molecule has 0 aromatic heterocycles. The van der Waals surface area contributed by atoms with Crippen LogP contribution in [-0.4, -0.2) is 23.3 Å². The summed E-state index contributed by atoms with van der Waals surface area (Å²) in [6.45, 7) is 13.1. The van der Waals surface area contributed by atoms with Gasteiger partial charge in [0.1, 0.15) is 0 Å². The maximum atomic E-state index is 12.4. The first-order valence-electron chi connectivity index (χ1n) is 8.25. The molecule has 0 aromatic rings. The monoisotopic (exact) mass is 293 g/mol. The first-order chi connectivity index (χ1) is 9.72. The molecule has 1 saturated heterocycles. The molecule has 0 saturated carbocycles. The van der Waals surface area contributed by atoms with Crippen molar-refractivity contribution in [1.29, 1.82) is 0 Å². The number of carbonyl (C=O) groups is 2. The fourth-order valence-electron chi connectivity index (χ4n) is 3.54. The fraction of sp³-hybridized carbons (Fsp3) is 0.778. The maximum absolute atomic E-state index is 12.4. The molecular formula is C18H31NO2. The molecule has 1 rings (SSSR count). The highest BCUT2D eigenvalue weighted by molar-refractivity contribution is 6.04. The molecule has 0 radical (unpaired) electrons. The van der Waals surface area contributed by atoms with E-state index >= 15 is 0 Å². The standard InChI is InChI=1S/C18H31NO2/c1-7-9-13(3)10-14(4)12-18(5,6)15-11-16(20)19(8-2)17(15)21/h12-13,15H,7-11H2,1-6H3/b14-12+. The molecule has 0 aliphatic carbocycles. The second-order valence-corrected chi connectivity index (χ2v) is 7.14. The van der Waals surface area contributed by atoms with Crippen molar-refractivity contribution >= 4 is 11.8 Å². The third-order valence-corrected chi connectivity index (χ3v) is 4.53. The summed E-state index contributed by atoms with van der Waals surface area (Å²) >= 11 is 0. The summed E-state index contributed by atoms with van der Waals surface area (Å²) in [5, 5.41) is 0. The van der Waals surface area contributed by atoms with E-state index in [4.69, 9.17) is 0 Å². The second-order valence-electron chi connectivity index (χ2n) is 7.14. The molecule has 0 aromatic carbocycles. The van der Waals surface area contributed by atoms with Crippen LogP contribution in [0.5, 0.6) is 0 Å². The Bertz CT molecular complexity index is 423. The summed E-state index contributed by atoms with van der Waals surface area (Å²) in [6, 6.07) is 0. The number of hydrogen-bond donors (Lipinski definition) is 0. The van der Waals surface area contributed by atoms with Gasteiger partial charge >= 0.3 is 0 Å². The van der Waals surface area contributed by atoms with Gasteiger partial charge in [-0.15, -0.1) is 0 Å². The fourth-order valence-corrected chi connectivity index (χ4v) is 3.54. The first kappa shape index (κ1) is 17.9. The van der Waals surface area contributed by atoms with Crippen molar-refractivity contribution in [3.8, 4) is 0 Å². The predicted octanol–water partition coefficient (Wildman–Crippen LogP) is 4.18. The molecular weight excluding hydrogens is 262 g/mol. The lowest BCUT2D eigenvalue weighted by Gasteiger charge is -2.28. The van der Waals surface area contributed by atoms with Gasteiger partial charge in [0.15, 0.2) is 0 Å². The number of allylic oxidation sites excluding steroid dienone is 2. The summed E-state index contributed by atoms with van der Waals surface area (Å²) in [6.07, 6.45) is 6.08. The molecule has 3 nitrogen and oxygen atoms in total. The number of hydrogen-bond acceptors (Lipinski definition) is 2.